The number of carbonyl (C=O) groups is 1. The van der Waals surface area contributed by atoms with Gasteiger partial charge in [-0.25, -0.2) is 4.84 Å². The molecule has 0 aliphatic carbocycles. The highest BCUT2D eigenvalue weighted by molar-refractivity contribution is 6.14. The summed E-state index contributed by atoms with van der Waals surface area (Å²) in [4.78, 5) is 12.5. The van der Waals surface area contributed by atoms with E-state index in [9.17, 15) is 4.79 Å². The summed E-state index contributed by atoms with van der Waals surface area (Å²) >= 11 is 5.17. The number of carboxylic acids is 1. The van der Waals surface area contributed by atoms with Crippen molar-refractivity contribution in [2.45, 2.75) is 32.2 Å². The molecule has 10 heavy (non-hydrogen) atoms. The fourth-order valence-electron chi connectivity index (χ4n) is 0.633. The number of aliphatic carboxylic acids is 1. The fourth-order valence-corrected chi connectivity index (χ4v) is 0.835. The van der Waals surface area contributed by atoms with Crippen molar-refractivity contribution in [2.75, 3.05) is 0 Å². The van der Waals surface area contributed by atoms with E-state index in [2.05, 4.69) is 4.84 Å². The molecule has 0 aromatic rings. The van der Waals surface area contributed by atoms with Crippen molar-refractivity contribution in [3.05, 3.63) is 0 Å². The molecular formula is C6H12ClNO2. The van der Waals surface area contributed by atoms with E-state index < -0.39 is 12.0 Å². The second kappa shape index (κ2) is 5.50. The Labute approximate surface area is 65.5 Å². The van der Waals surface area contributed by atoms with Crippen LogP contribution in [0.5, 0.6) is 0 Å². The molecule has 3 nitrogen and oxygen atoms in total. The van der Waals surface area contributed by atoms with Crippen molar-refractivity contribution in [1.29, 1.82) is 0 Å². The Morgan fingerprint density at radius 3 is 2.70 bits per heavy atom. The third-order valence-corrected chi connectivity index (χ3v) is 1.54. The van der Waals surface area contributed by atoms with E-state index in [0.717, 1.165) is 12.8 Å². The normalized spacial score (nSPS) is 13.0. The molecule has 0 saturated heterocycles. The van der Waals surface area contributed by atoms with Gasteiger partial charge < -0.3 is 5.11 Å². The van der Waals surface area contributed by atoms with Crippen molar-refractivity contribution in [3.63, 3.8) is 0 Å². The number of hydrogen-bond donors (Lipinski definition) is 2. The lowest BCUT2D eigenvalue weighted by Gasteiger charge is -2.06. The third kappa shape index (κ3) is 3.69. The highest BCUT2D eigenvalue weighted by Crippen LogP contribution is 2.00. The van der Waals surface area contributed by atoms with Gasteiger partial charge in [-0.05, 0) is 18.2 Å². The quantitative estimate of drug-likeness (QED) is 0.605. The fraction of sp³-hybridized carbons (Fsp3) is 0.833. The van der Waals surface area contributed by atoms with Gasteiger partial charge in [-0.2, -0.15) is 0 Å². The first-order valence-corrected chi connectivity index (χ1v) is 3.69. The number of hydrogen-bond acceptors (Lipinski definition) is 2. The molecule has 4 heteroatoms. The summed E-state index contributed by atoms with van der Waals surface area (Å²) in [7, 11) is 0. The number of rotatable bonds is 5. The Bertz CT molecular complexity index is 108. The van der Waals surface area contributed by atoms with Crippen molar-refractivity contribution < 1.29 is 9.90 Å². The number of unbranched alkanes of at least 4 members (excludes halogenated alkanes) is 1. The van der Waals surface area contributed by atoms with Crippen LogP contribution in [0.15, 0.2) is 0 Å². The summed E-state index contributed by atoms with van der Waals surface area (Å²) in [5, 5.41) is 8.45. The summed E-state index contributed by atoms with van der Waals surface area (Å²) in [6.07, 6.45) is 2.47. The molecule has 0 fully saturated rings. The Hall–Kier alpha value is -0.280. The molecule has 0 amide bonds. The molecule has 0 aliphatic rings. The second-order valence-electron chi connectivity index (χ2n) is 2.14. The zero-order valence-electron chi connectivity index (χ0n) is 5.93. The monoisotopic (exact) mass is 165 g/mol. The topological polar surface area (TPSA) is 49.3 Å². The maximum atomic E-state index is 10.3. The summed E-state index contributed by atoms with van der Waals surface area (Å²) in [6.45, 7) is 2.01. The van der Waals surface area contributed by atoms with Gasteiger partial charge in [-0.1, -0.05) is 19.8 Å². The van der Waals surface area contributed by atoms with Gasteiger partial charge in [0.1, 0.15) is 6.04 Å². The zero-order valence-corrected chi connectivity index (χ0v) is 6.69. The lowest BCUT2D eigenvalue weighted by Crippen LogP contribution is -2.30. The van der Waals surface area contributed by atoms with Crippen LogP contribution in [0.3, 0.4) is 0 Å². The highest BCUT2D eigenvalue weighted by atomic mass is 35.5. The van der Waals surface area contributed by atoms with Crippen molar-refractivity contribution >= 4 is 17.7 Å². The van der Waals surface area contributed by atoms with Crippen molar-refractivity contribution in [1.82, 2.24) is 4.84 Å². The number of halogens is 1. The van der Waals surface area contributed by atoms with E-state index in [0.29, 0.717) is 6.42 Å². The molecule has 0 heterocycles. The van der Waals surface area contributed by atoms with Crippen LogP contribution in [0.25, 0.3) is 0 Å². The minimum Gasteiger partial charge on any atom is -0.480 e. The predicted octanol–water partition coefficient (Wildman–Crippen LogP) is 1.37. The SMILES string of the molecule is CCCCC(NCl)C(=O)O. The van der Waals surface area contributed by atoms with Crippen LogP contribution in [0, 0.1) is 0 Å². The van der Waals surface area contributed by atoms with Gasteiger partial charge in [0.25, 0.3) is 0 Å². The highest BCUT2D eigenvalue weighted by Gasteiger charge is 2.13. The number of carboxylic acid groups (broad SMARTS) is 1. The lowest BCUT2D eigenvalue weighted by molar-refractivity contribution is -0.139. The van der Waals surface area contributed by atoms with Gasteiger partial charge in [0.05, 0.1) is 0 Å². The molecule has 0 aliphatic heterocycles. The van der Waals surface area contributed by atoms with Crippen LogP contribution in [0.2, 0.25) is 0 Å². The third-order valence-electron chi connectivity index (χ3n) is 1.28. The van der Waals surface area contributed by atoms with E-state index in [1.165, 1.54) is 0 Å². The van der Waals surface area contributed by atoms with Crippen LogP contribution in [0.1, 0.15) is 26.2 Å². The molecule has 0 rings (SSSR count). The van der Waals surface area contributed by atoms with E-state index in [1.807, 2.05) is 6.92 Å². The first kappa shape index (κ1) is 9.72. The van der Waals surface area contributed by atoms with E-state index in [-0.39, 0.29) is 0 Å². The van der Waals surface area contributed by atoms with Crippen LogP contribution >= 0.6 is 11.8 Å². The van der Waals surface area contributed by atoms with Gasteiger partial charge in [-0.3, -0.25) is 4.79 Å². The molecule has 1 atom stereocenters. The average molecular weight is 166 g/mol. The van der Waals surface area contributed by atoms with E-state index in [4.69, 9.17) is 16.9 Å². The van der Waals surface area contributed by atoms with Gasteiger partial charge in [0.15, 0.2) is 0 Å². The first-order chi connectivity index (χ1) is 4.72. The molecule has 0 bridgehead atoms. The summed E-state index contributed by atoms with van der Waals surface area (Å²) < 4.78 is 0. The summed E-state index contributed by atoms with van der Waals surface area (Å²) in [5.74, 6) is -0.886. The van der Waals surface area contributed by atoms with Crippen molar-refractivity contribution in [2.24, 2.45) is 0 Å². The van der Waals surface area contributed by atoms with Crippen LogP contribution in [0.4, 0.5) is 0 Å². The molecule has 60 valence electrons. The maximum Gasteiger partial charge on any atom is 0.321 e. The lowest BCUT2D eigenvalue weighted by atomic mass is 10.1. The maximum absolute atomic E-state index is 10.3. The predicted molar refractivity (Wildman–Crippen MR) is 39.9 cm³/mol. The Kier molecular flexibility index (Phi) is 5.35. The average Bonchev–Trinajstić information content (AvgIpc) is 1.89. The van der Waals surface area contributed by atoms with Gasteiger partial charge in [0, 0.05) is 0 Å². The van der Waals surface area contributed by atoms with Crippen LogP contribution < -0.4 is 4.84 Å². The Morgan fingerprint density at radius 1 is 1.80 bits per heavy atom. The van der Waals surface area contributed by atoms with Crippen LogP contribution in [-0.4, -0.2) is 17.1 Å². The van der Waals surface area contributed by atoms with E-state index in [1.54, 1.807) is 0 Å². The van der Waals surface area contributed by atoms with Crippen molar-refractivity contribution in [3.8, 4) is 0 Å². The smallest absolute Gasteiger partial charge is 0.321 e. The van der Waals surface area contributed by atoms with Crippen LogP contribution in [-0.2, 0) is 4.79 Å². The standard InChI is InChI=1S/C6H12ClNO2/c1-2-3-4-5(8-7)6(9)10/h5,8H,2-4H2,1H3,(H,9,10). The Balaban J connectivity index is 3.50. The van der Waals surface area contributed by atoms with Gasteiger partial charge in [-0.15, -0.1) is 0 Å². The Morgan fingerprint density at radius 2 is 2.40 bits per heavy atom. The van der Waals surface area contributed by atoms with E-state index >= 15 is 0 Å². The minimum absolute atomic E-state index is 0.593. The van der Waals surface area contributed by atoms with Gasteiger partial charge >= 0.3 is 5.97 Å². The zero-order chi connectivity index (χ0) is 7.98. The molecule has 0 radical (unpaired) electrons. The largest absolute Gasteiger partial charge is 0.480 e. The summed E-state index contributed by atoms with van der Waals surface area (Å²) in [5.41, 5.74) is 0. The molecule has 0 saturated carbocycles. The molecule has 0 aromatic heterocycles. The first-order valence-electron chi connectivity index (χ1n) is 3.31. The molecule has 1 unspecified atom stereocenters. The molecule has 0 aromatic carbocycles. The number of nitrogens with one attached hydrogen (secondary N) is 1. The molecule has 0 spiro atoms. The second-order valence-corrected chi connectivity index (χ2v) is 2.36. The molecular weight excluding hydrogens is 154 g/mol. The summed E-state index contributed by atoms with van der Waals surface area (Å²) in [6, 6.07) is -0.596. The minimum atomic E-state index is -0.886. The van der Waals surface area contributed by atoms with Gasteiger partial charge in [0.2, 0.25) is 0 Å². The molecule has 2 N–H and O–H groups in total.